The zero-order chi connectivity index (χ0) is 19.3. The van der Waals surface area contributed by atoms with Crippen molar-refractivity contribution in [2.45, 2.75) is 78.9 Å². The SMILES string of the molecule is CC(C)C1CC(OS(=O)(=O)O)C2(C)CCC3(C)CC(O)C4(C)CC4C3C12. The smallest absolute Gasteiger partial charge is 0.393 e. The fourth-order valence-corrected chi connectivity index (χ4v) is 8.08. The first kappa shape index (κ1) is 19.2. The standard InChI is InChI=1S/C20H34O5S/c1-11(2)12-8-15(25-26(22,23)24)19(4)7-6-18(3)10-14(21)20(5)9-13(20)17(18)16(12)19/h11-17,21H,6-10H2,1-5H3,(H,22,23,24). The van der Waals surface area contributed by atoms with Gasteiger partial charge in [0.15, 0.2) is 0 Å². The molecule has 9 unspecified atom stereocenters. The molecular formula is C20H34O5S. The Morgan fingerprint density at radius 3 is 2.27 bits per heavy atom. The van der Waals surface area contributed by atoms with Crippen LogP contribution >= 0.6 is 0 Å². The van der Waals surface area contributed by atoms with E-state index >= 15 is 0 Å². The Bertz CT molecular complexity index is 705. The molecule has 0 radical (unpaired) electrons. The van der Waals surface area contributed by atoms with E-state index in [1.54, 1.807) is 0 Å². The summed E-state index contributed by atoms with van der Waals surface area (Å²) >= 11 is 0. The van der Waals surface area contributed by atoms with E-state index in [2.05, 4.69) is 34.6 Å². The molecule has 4 aliphatic carbocycles. The predicted octanol–water partition coefficient (Wildman–Crippen LogP) is 3.68. The van der Waals surface area contributed by atoms with Crippen molar-refractivity contribution in [1.29, 1.82) is 0 Å². The Morgan fingerprint density at radius 2 is 1.69 bits per heavy atom. The van der Waals surface area contributed by atoms with Crippen molar-refractivity contribution in [1.82, 2.24) is 0 Å². The van der Waals surface area contributed by atoms with Crippen LogP contribution in [-0.4, -0.2) is 30.3 Å². The van der Waals surface area contributed by atoms with Crippen molar-refractivity contribution in [3.63, 3.8) is 0 Å². The summed E-state index contributed by atoms with van der Waals surface area (Å²) in [5.74, 6) is 2.22. The van der Waals surface area contributed by atoms with E-state index < -0.39 is 16.5 Å². The van der Waals surface area contributed by atoms with Gasteiger partial charge in [-0.3, -0.25) is 4.55 Å². The summed E-state index contributed by atoms with van der Waals surface area (Å²) < 4.78 is 37.6. The second kappa shape index (κ2) is 5.46. The highest BCUT2D eigenvalue weighted by Crippen LogP contribution is 2.76. The van der Waals surface area contributed by atoms with Crippen LogP contribution in [0.1, 0.15) is 66.7 Å². The Morgan fingerprint density at radius 1 is 1.04 bits per heavy atom. The monoisotopic (exact) mass is 386 g/mol. The first-order chi connectivity index (χ1) is 11.8. The summed E-state index contributed by atoms with van der Waals surface area (Å²) in [7, 11) is -4.45. The van der Waals surface area contributed by atoms with Gasteiger partial charge < -0.3 is 5.11 Å². The zero-order valence-corrected chi connectivity index (χ0v) is 17.4. The molecular weight excluding hydrogens is 352 g/mol. The van der Waals surface area contributed by atoms with Crippen molar-refractivity contribution in [2.24, 2.45) is 45.8 Å². The number of aliphatic hydroxyl groups is 1. The average molecular weight is 387 g/mol. The summed E-state index contributed by atoms with van der Waals surface area (Å²) in [6.45, 7) is 11.2. The zero-order valence-electron chi connectivity index (χ0n) is 16.6. The molecule has 26 heavy (non-hydrogen) atoms. The van der Waals surface area contributed by atoms with Gasteiger partial charge in [-0.25, -0.2) is 4.18 Å². The fourth-order valence-electron chi connectivity index (χ4n) is 7.49. The van der Waals surface area contributed by atoms with Crippen LogP contribution in [-0.2, 0) is 14.6 Å². The average Bonchev–Trinajstić information content (AvgIpc) is 3.09. The second-order valence-electron chi connectivity index (χ2n) is 10.9. The number of hydrogen-bond donors (Lipinski definition) is 2. The Balaban J connectivity index is 1.75. The van der Waals surface area contributed by atoms with Crippen LogP contribution in [0.25, 0.3) is 0 Å². The third-order valence-electron chi connectivity index (χ3n) is 9.17. The third kappa shape index (κ3) is 2.55. The van der Waals surface area contributed by atoms with Gasteiger partial charge in [0, 0.05) is 0 Å². The first-order valence-electron chi connectivity index (χ1n) is 10.2. The maximum absolute atomic E-state index is 11.5. The van der Waals surface area contributed by atoms with Gasteiger partial charge in [-0.1, -0.05) is 34.6 Å². The molecule has 0 amide bonds. The minimum Gasteiger partial charge on any atom is -0.393 e. The van der Waals surface area contributed by atoms with Crippen molar-refractivity contribution >= 4 is 10.4 Å². The first-order valence-corrected chi connectivity index (χ1v) is 11.5. The van der Waals surface area contributed by atoms with E-state index in [0.29, 0.717) is 36.0 Å². The van der Waals surface area contributed by atoms with Crippen LogP contribution < -0.4 is 0 Å². The Hall–Kier alpha value is -0.170. The minimum atomic E-state index is -4.45. The van der Waals surface area contributed by atoms with E-state index in [9.17, 15) is 18.1 Å². The molecule has 0 aromatic heterocycles. The van der Waals surface area contributed by atoms with Crippen molar-refractivity contribution in [3.05, 3.63) is 0 Å². The molecule has 4 aliphatic rings. The largest absolute Gasteiger partial charge is 0.397 e. The molecule has 5 nitrogen and oxygen atoms in total. The molecule has 6 heteroatoms. The Labute approximate surface area is 157 Å². The molecule has 150 valence electrons. The minimum absolute atomic E-state index is 0.0337. The quantitative estimate of drug-likeness (QED) is 0.723. The molecule has 0 bridgehead atoms. The number of rotatable bonds is 3. The van der Waals surface area contributed by atoms with Gasteiger partial charge in [0.25, 0.3) is 0 Å². The lowest BCUT2D eigenvalue weighted by molar-refractivity contribution is -0.133. The van der Waals surface area contributed by atoms with Gasteiger partial charge in [0.05, 0.1) is 12.2 Å². The van der Waals surface area contributed by atoms with Crippen LogP contribution in [0.3, 0.4) is 0 Å². The van der Waals surface area contributed by atoms with Crippen molar-refractivity contribution in [3.8, 4) is 0 Å². The number of aliphatic hydroxyl groups excluding tert-OH is 1. The molecule has 4 saturated carbocycles. The van der Waals surface area contributed by atoms with Crippen LogP contribution in [0.5, 0.6) is 0 Å². The second-order valence-corrected chi connectivity index (χ2v) is 12.0. The van der Waals surface area contributed by atoms with Crippen LogP contribution in [0.15, 0.2) is 0 Å². The summed E-state index contributed by atoms with van der Waals surface area (Å²) in [6.07, 6.45) is 3.84. The molecule has 9 atom stereocenters. The molecule has 0 heterocycles. The molecule has 0 aliphatic heterocycles. The van der Waals surface area contributed by atoms with E-state index in [4.69, 9.17) is 4.18 Å². The topological polar surface area (TPSA) is 83.8 Å². The van der Waals surface area contributed by atoms with Crippen molar-refractivity contribution in [2.75, 3.05) is 0 Å². The van der Waals surface area contributed by atoms with Gasteiger partial charge in [0.2, 0.25) is 0 Å². The van der Waals surface area contributed by atoms with E-state index in [1.165, 1.54) is 0 Å². The molecule has 0 spiro atoms. The molecule has 0 aromatic rings. The summed E-state index contributed by atoms with van der Waals surface area (Å²) in [5.41, 5.74) is -0.0863. The molecule has 4 rings (SSSR count). The predicted molar refractivity (Wildman–Crippen MR) is 98.6 cm³/mol. The highest BCUT2D eigenvalue weighted by molar-refractivity contribution is 7.80. The van der Waals surface area contributed by atoms with Gasteiger partial charge in [-0.2, -0.15) is 8.42 Å². The van der Waals surface area contributed by atoms with Gasteiger partial charge in [-0.05, 0) is 77.9 Å². The molecule has 4 fully saturated rings. The molecule has 2 N–H and O–H groups in total. The summed E-state index contributed by atoms with van der Waals surface area (Å²) in [4.78, 5) is 0. The van der Waals surface area contributed by atoms with Crippen LogP contribution in [0.4, 0.5) is 0 Å². The van der Waals surface area contributed by atoms with Crippen molar-refractivity contribution < 1.29 is 22.3 Å². The van der Waals surface area contributed by atoms with E-state index in [1.807, 2.05) is 0 Å². The lowest BCUT2D eigenvalue weighted by Gasteiger charge is -2.58. The van der Waals surface area contributed by atoms with Gasteiger partial charge in [0.1, 0.15) is 0 Å². The molecule has 0 saturated heterocycles. The van der Waals surface area contributed by atoms with Gasteiger partial charge in [-0.15, -0.1) is 0 Å². The normalized spacial score (nSPS) is 56.0. The van der Waals surface area contributed by atoms with Crippen LogP contribution in [0, 0.1) is 45.8 Å². The van der Waals surface area contributed by atoms with E-state index in [0.717, 1.165) is 25.7 Å². The third-order valence-corrected chi connectivity index (χ3v) is 9.64. The number of hydrogen-bond acceptors (Lipinski definition) is 4. The lowest BCUT2D eigenvalue weighted by Crippen LogP contribution is -2.55. The maximum atomic E-state index is 11.5. The Kier molecular flexibility index (Phi) is 4.02. The molecule has 0 aromatic carbocycles. The maximum Gasteiger partial charge on any atom is 0.397 e. The van der Waals surface area contributed by atoms with Gasteiger partial charge >= 0.3 is 10.4 Å². The highest BCUT2D eigenvalue weighted by atomic mass is 32.3. The fraction of sp³-hybridized carbons (Fsp3) is 1.00. The highest BCUT2D eigenvalue weighted by Gasteiger charge is 2.73. The summed E-state index contributed by atoms with van der Waals surface area (Å²) in [5, 5.41) is 10.7. The lowest BCUT2D eigenvalue weighted by atomic mass is 9.47. The van der Waals surface area contributed by atoms with Crippen LogP contribution in [0.2, 0.25) is 0 Å². The summed E-state index contributed by atoms with van der Waals surface area (Å²) in [6, 6.07) is 0. The van der Waals surface area contributed by atoms with E-state index in [-0.39, 0.29) is 22.3 Å². The number of fused-ring (bicyclic) bond motifs is 5.